The lowest BCUT2D eigenvalue weighted by Gasteiger charge is -2.17. The molecule has 0 amide bonds. The third-order valence-corrected chi connectivity index (χ3v) is 3.27. The van der Waals surface area contributed by atoms with Crippen LogP contribution >= 0.6 is 12.2 Å². The molecule has 20 heavy (non-hydrogen) atoms. The number of allylic oxidation sites excluding steroid dienone is 1. The second-order valence-corrected chi connectivity index (χ2v) is 4.84. The fraction of sp³-hybridized carbons (Fsp3) is 0.333. The van der Waals surface area contributed by atoms with Crippen molar-refractivity contribution in [2.24, 2.45) is 5.73 Å². The van der Waals surface area contributed by atoms with Crippen LogP contribution in [0.2, 0.25) is 0 Å². The number of nitrogens with one attached hydrogen (secondary N) is 1. The van der Waals surface area contributed by atoms with Crippen LogP contribution in [0.1, 0.15) is 32.3 Å². The number of rotatable bonds is 5. The normalized spacial score (nSPS) is 13.2. The van der Waals surface area contributed by atoms with Crippen LogP contribution in [0, 0.1) is 0 Å². The summed E-state index contributed by atoms with van der Waals surface area (Å²) in [6.45, 7) is 5.64. The number of thiocarbonyl (C=S) groups is 1. The molecule has 1 aromatic carbocycles. The third-order valence-electron chi connectivity index (χ3n) is 2.81. The lowest BCUT2D eigenvalue weighted by molar-refractivity contribution is -0.138. The van der Waals surface area contributed by atoms with Crippen molar-refractivity contribution < 1.29 is 9.53 Å². The highest BCUT2D eigenvalue weighted by atomic mass is 32.1. The first-order valence-corrected chi connectivity index (χ1v) is 6.87. The first-order chi connectivity index (χ1) is 9.47. The highest BCUT2D eigenvalue weighted by Crippen LogP contribution is 2.16. The molecule has 0 radical (unpaired) electrons. The van der Waals surface area contributed by atoms with Gasteiger partial charge in [-0.1, -0.05) is 49.5 Å². The first kappa shape index (κ1) is 16.2. The number of carbonyl (C=O) groups excluding carboxylic acids is 1. The second kappa shape index (κ2) is 7.65. The van der Waals surface area contributed by atoms with Crippen LogP contribution in [0.25, 0.3) is 0 Å². The minimum Gasteiger partial charge on any atom is -0.461 e. The summed E-state index contributed by atoms with van der Waals surface area (Å²) in [7, 11) is 0. The van der Waals surface area contributed by atoms with Crippen molar-refractivity contribution in [2.45, 2.75) is 26.7 Å². The van der Waals surface area contributed by atoms with Gasteiger partial charge in [-0.05, 0) is 19.4 Å². The smallest absolute Gasteiger partial charge is 0.356 e. The van der Waals surface area contributed by atoms with E-state index in [4.69, 9.17) is 22.7 Å². The van der Waals surface area contributed by atoms with Gasteiger partial charge in [0.25, 0.3) is 0 Å². The molecule has 1 aromatic rings. The van der Waals surface area contributed by atoms with Crippen molar-refractivity contribution in [1.82, 2.24) is 5.32 Å². The lowest BCUT2D eigenvalue weighted by atomic mass is 10.0. The molecule has 4 nitrogen and oxygen atoms in total. The average Bonchev–Trinajstić information content (AvgIpc) is 2.44. The molecule has 1 unspecified atom stereocenters. The van der Waals surface area contributed by atoms with E-state index < -0.39 is 5.97 Å². The van der Waals surface area contributed by atoms with Gasteiger partial charge in [0.1, 0.15) is 5.70 Å². The van der Waals surface area contributed by atoms with E-state index in [2.05, 4.69) is 5.32 Å². The zero-order valence-electron chi connectivity index (χ0n) is 12.0. The third kappa shape index (κ3) is 4.35. The van der Waals surface area contributed by atoms with Gasteiger partial charge < -0.3 is 15.8 Å². The van der Waals surface area contributed by atoms with Crippen molar-refractivity contribution in [3.63, 3.8) is 0 Å². The maximum absolute atomic E-state index is 11.8. The molecule has 0 aromatic heterocycles. The predicted octanol–water partition coefficient (Wildman–Crippen LogP) is 2.46. The molecular formula is C15H20N2O2S. The van der Waals surface area contributed by atoms with Gasteiger partial charge in [0.2, 0.25) is 0 Å². The summed E-state index contributed by atoms with van der Waals surface area (Å²) in [4.78, 5) is 12.3. The Labute approximate surface area is 125 Å². The summed E-state index contributed by atoms with van der Waals surface area (Å²) in [5, 5.41) is 2.91. The van der Waals surface area contributed by atoms with Crippen LogP contribution in [-0.2, 0) is 9.53 Å². The number of carbonyl (C=O) groups is 1. The van der Waals surface area contributed by atoms with Crippen molar-refractivity contribution in [3.8, 4) is 0 Å². The van der Waals surface area contributed by atoms with Gasteiger partial charge in [-0.3, -0.25) is 0 Å². The highest BCUT2D eigenvalue weighted by molar-refractivity contribution is 7.80. The average molecular weight is 292 g/mol. The van der Waals surface area contributed by atoms with E-state index in [-0.39, 0.29) is 18.2 Å². The van der Waals surface area contributed by atoms with E-state index in [9.17, 15) is 4.79 Å². The quantitative estimate of drug-likeness (QED) is 0.496. The van der Waals surface area contributed by atoms with Gasteiger partial charge in [0.05, 0.1) is 11.6 Å². The molecular weight excluding hydrogens is 272 g/mol. The Morgan fingerprint density at radius 2 is 2.00 bits per heavy atom. The Kier molecular flexibility index (Phi) is 6.18. The van der Waals surface area contributed by atoms with Crippen LogP contribution in [0.3, 0.4) is 0 Å². The number of ether oxygens (including phenoxy) is 1. The number of benzene rings is 1. The summed E-state index contributed by atoms with van der Waals surface area (Å²) in [6.07, 6.45) is 0. The minimum atomic E-state index is -0.491. The van der Waals surface area contributed by atoms with E-state index in [1.807, 2.05) is 37.3 Å². The molecule has 0 aliphatic rings. The zero-order chi connectivity index (χ0) is 15.1. The minimum absolute atomic E-state index is 0.0185. The van der Waals surface area contributed by atoms with Gasteiger partial charge in [-0.25, -0.2) is 4.79 Å². The molecule has 0 saturated carbocycles. The zero-order valence-corrected chi connectivity index (χ0v) is 12.8. The van der Waals surface area contributed by atoms with Crippen molar-refractivity contribution >= 4 is 23.2 Å². The van der Waals surface area contributed by atoms with Crippen LogP contribution in [0.5, 0.6) is 0 Å². The monoisotopic (exact) mass is 292 g/mol. The summed E-state index contributed by atoms with van der Waals surface area (Å²) >= 11 is 5.35. The number of nitrogens with two attached hydrogens (primary N) is 1. The standard InChI is InChI=1S/C15H20N2O2S/c1-4-19-15(18)13(11(3)16)17-14(20)10(2)12-8-6-5-7-9-12/h5-10H,4,16H2,1-3H3,(H,17,20)/b13-11+. The molecule has 0 saturated heterocycles. The molecule has 5 heteroatoms. The largest absolute Gasteiger partial charge is 0.461 e. The summed E-state index contributed by atoms with van der Waals surface area (Å²) in [5.74, 6) is -0.509. The van der Waals surface area contributed by atoms with Crippen LogP contribution in [-0.4, -0.2) is 17.6 Å². The molecule has 3 N–H and O–H groups in total. The molecule has 0 spiro atoms. The summed E-state index contributed by atoms with van der Waals surface area (Å²) in [5.41, 5.74) is 7.34. The molecule has 1 atom stereocenters. The number of esters is 1. The Hall–Kier alpha value is -1.88. The van der Waals surface area contributed by atoms with E-state index in [1.54, 1.807) is 13.8 Å². The Morgan fingerprint density at radius 3 is 2.50 bits per heavy atom. The topological polar surface area (TPSA) is 64.3 Å². The maximum Gasteiger partial charge on any atom is 0.356 e. The number of hydrogen-bond acceptors (Lipinski definition) is 4. The Balaban J connectivity index is 2.83. The maximum atomic E-state index is 11.8. The molecule has 108 valence electrons. The van der Waals surface area contributed by atoms with Crippen molar-refractivity contribution in [2.75, 3.05) is 6.61 Å². The van der Waals surface area contributed by atoms with Gasteiger partial charge in [0.15, 0.2) is 0 Å². The Morgan fingerprint density at radius 1 is 1.40 bits per heavy atom. The predicted molar refractivity (Wildman–Crippen MR) is 84.1 cm³/mol. The molecule has 0 heterocycles. The molecule has 0 bridgehead atoms. The first-order valence-electron chi connectivity index (χ1n) is 6.46. The SMILES string of the molecule is CCOC(=O)/C(NC(=S)C(C)c1ccccc1)=C(/C)N. The van der Waals surface area contributed by atoms with E-state index >= 15 is 0 Å². The van der Waals surface area contributed by atoms with Crippen molar-refractivity contribution in [1.29, 1.82) is 0 Å². The van der Waals surface area contributed by atoms with Crippen LogP contribution < -0.4 is 11.1 Å². The Bertz CT molecular complexity index is 508. The fourth-order valence-electron chi connectivity index (χ4n) is 1.64. The van der Waals surface area contributed by atoms with Gasteiger partial charge >= 0.3 is 5.97 Å². The van der Waals surface area contributed by atoms with Crippen LogP contribution in [0.15, 0.2) is 41.7 Å². The van der Waals surface area contributed by atoms with E-state index in [0.717, 1.165) is 5.56 Å². The lowest BCUT2D eigenvalue weighted by Crippen LogP contribution is -2.32. The van der Waals surface area contributed by atoms with E-state index in [1.165, 1.54) is 0 Å². The summed E-state index contributed by atoms with van der Waals surface area (Å²) in [6, 6.07) is 9.82. The van der Waals surface area contributed by atoms with Gasteiger partial charge in [-0.2, -0.15) is 0 Å². The molecule has 0 fully saturated rings. The highest BCUT2D eigenvalue weighted by Gasteiger charge is 2.18. The molecule has 0 aliphatic heterocycles. The molecule has 1 rings (SSSR count). The van der Waals surface area contributed by atoms with E-state index in [0.29, 0.717) is 10.7 Å². The second-order valence-electron chi connectivity index (χ2n) is 4.40. The van der Waals surface area contributed by atoms with Crippen molar-refractivity contribution in [3.05, 3.63) is 47.3 Å². The number of hydrogen-bond donors (Lipinski definition) is 2. The molecule has 0 aliphatic carbocycles. The fourth-order valence-corrected chi connectivity index (χ4v) is 1.88. The van der Waals surface area contributed by atoms with Gasteiger partial charge in [0, 0.05) is 11.6 Å². The summed E-state index contributed by atoms with van der Waals surface area (Å²) < 4.78 is 4.95. The van der Waals surface area contributed by atoms with Gasteiger partial charge in [-0.15, -0.1) is 0 Å². The van der Waals surface area contributed by atoms with Crippen LogP contribution in [0.4, 0.5) is 0 Å².